The van der Waals surface area contributed by atoms with Gasteiger partial charge in [0.1, 0.15) is 6.10 Å². The van der Waals surface area contributed by atoms with Gasteiger partial charge in [0.05, 0.1) is 12.6 Å². The number of hydrogen-bond donors (Lipinski definition) is 1. The standard InChI is InChI=1S/C9H14N2O2/c1-4-7(2)11(3)6-8-5-10-9(12)13-8/h1,7-8H,5-6H2,2-3H3,(H,10,12). The van der Waals surface area contributed by atoms with Crippen LogP contribution in [-0.2, 0) is 4.74 Å². The maximum atomic E-state index is 10.7. The van der Waals surface area contributed by atoms with E-state index in [-0.39, 0.29) is 18.2 Å². The third kappa shape index (κ3) is 2.63. The van der Waals surface area contributed by atoms with E-state index in [0.29, 0.717) is 13.1 Å². The van der Waals surface area contributed by atoms with E-state index >= 15 is 0 Å². The van der Waals surface area contributed by atoms with Gasteiger partial charge < -0.3 is 10.1 Å². The summed E-state index contributed by atoms with van der Waals surface area (Å²) < 4.78 is 4.97. The van der Waals surface area contributed by atoms with E-state index in [0.717, 1.165) is 0 Å². The summed E-state index contributed by atoms with van der Waals surface area (Å²) in [6, 6.07) is 0.0688. The number of cyclic esters (lactones) is 1. The van der Waals surface area contributed by atoms with Gasteiger partial charge in [-0.25, -0.2) is 4.79 Å². The van der Waals surface area contributed by atoms with Crippen molar-refractivity contribution in [3.63, 3.8) is 0 Å². The first kappa shape index (κ1) is 9.87. The summed E-state index contributed by atoms with van der Waals surface area (Å²) >= 11 is 0. The first-order valence-electron chi connectivity index (χ1n) is 4.24. The zero-order chi connectivity index (χ0) is 9.84. The lowest BCUT2D eigenvalue weighted by Crippen LogP contribution is -2.36. The second-order valence-electron chi connectivity index (χ2n) is 3.19. The van der Waals surface area contributed by atoms with Crippen molar-refractivity contribution in [2.45, 2.75) is 19.1 Å². The molecule has 1 fully saturated rings. The Kier molecular flexibility index (Phi) is 3.15. The van der Waals surface area contributed by atoms with E-state index in [4.69, 9.17) is 11.2 Å². The molecule has 0 aromatic carbocycles. The molecule has 1 amide bonds. The summed E-state index contributed by atoms with van der Waals surface area (Å²) in [6.07, 6.45) is 4.84. The lowest BCUT2D eigenvalue weighted by atomic mass is 10.2. The summed E-state index contributed by atoms with van der Waals surface area (Å²) in [5, 5.41) is 2.59. The molecule has 2 unspecified atom stereocenters. The van der Waals surface area contributed by atoms with E-state index in [2.05, 4.69) is 11.2 Å². The highest BCUT2D eigenvalue weighted by Crippen LogP contribution is 2.03. The molecule has 4 heteroatoms. The molecular weight excluding hydrogens is 168 g/mol. The van der Waals surface area contributed by atoms with Crippen molar-refractivity contribution in [3.05, 3.63) is 0 Å². The van der Waals surface area contributed by atoms with Crippen molar-refractivity contribution in [2.75, 3.05) is 20.1 Å². The van der Waals surface area contributed by atoms with E-state index in [1.54, 1.807) is 0 Å². The molecule has 2 atom stereocenters. The molecule has 0 aromatic heterocycles. The highest BCUT2D eigenvalue weighted by atomic mass is 16.6. The molecular formula is C9H14N2O2. The molecule has 72 valence electrons. The number of rotatable bonds is 3. The maximum Gasteiger partial charge on any atom is 0.407 e. The minimum atomic E-state index is -0.341. The summed E-state index contributed by atoms with van der Waals surface area (Å²) in [5.74, 6) is 2.61. The molecule has 0 spiro atoms. The zero-order valence-electron chi connectivity index (χ0n) is 7.91. The van der Waals surface area contributed by atoms with Gasteiger partial charge in [0.2, 0.25) is 0 Å². The van der Waals surface area contributed by atoms with Crippen LogP contribution in [-0.4, -0.2) is 43.3 Å². The van der Waals surface area contributed by atoms with E-state index in [1.165, 1.54) is 0 Å². The minimum Gasteiger partial charge on any atom is -0.443 e. The average Bonchev–Trinajstić information content (AvgIpc) is 2.49. The van der Waals surface area contributed by atoms with Crippen LogP contribution in [0.1, 0.15) is 6.92 Å². The number of nitrogens with zero attached hydrogens (tertiary/aromatic N) is 1. The quantitative estimate of drug-likeness (QED) is 0.627. The van der Waals surface area contributed by atoms with Gasteiger partial charge in [-0.3, -0.25) is 4.90 Å². The average molecular weight is 182 g/mol. The van der Waals surface area contributed by atoms with Crippen molar-refractivity contribution in [2.24, 2.45) is 0 Å². The van der Waals surface area contributed by atoms with Crippen LogP contribution in [0.25, 0.3) is 0 Å². The maximum absolute atomic E-state index is 10.7. The Morgan fingerprint density at radius 3 is 3.08 bits per heavy atom. The van der Waals surface area contributed by atoms with Crippen molar-refractivity contribution in [1.82, 2.24) is 10.2 Å². The molecule has 1 aliphatic heterocycles. The second kappa shape index (κ2) is 4.15. The zero-order valence-corrected chi connectivity index (χ0v) is 7.91. The first-order valence-corrected chi connectivity index (χ1v) is 4.24. The Balaban J connectivity index is 2.33. The second-order valence-corrected chi connectivity index (χ2v) is 3.19. The molecule has 1 saturated heterocycles. The Bertz CT molecular complexity index is 234. The normalized spacial score (nSPS) is 23.5. The largest absolute Gasteiger partial charge is 0.443 e. The van der Waals surface area contributed by atoms with Crippen LogP contribution in [0.2, 0.25) is 0 Å². The van der Waals surface area contributed by atoms with Crippen LogP contribution in [0.15, 0.2) is 0 Å². The Hall–Kier alpha value is -1.21. The number of amides is 1. The Labute approximate surface area is 78.2 Å². The smallest absolute Gasteiger partial charge is 0.407 e. The fourth-order valence-corrected chi connectivity index (χ4v) is 1.14. The van der Waals surface area contributed by atoms with E-state index < -0.39 is 0 Å². The molecule has 0 aromatic rings. The topological polar surface area (TPSA) is 41.6 Å². The molecule has 13 heavy (non-hydrogen) atoms. The molecule has 1 N–H and O–H groups in total. The number of carbonyl (C=O) groups is 1. The van der Waals surface area contributed by atoms with Crippen molar-refractivity contribution >= 4 is 6.09 Å². The molecule has 0 radical (unpaired) electrons. The van der Waals surface area contributed by atoms with Crippen LogP contribution < -0.4 is 5.32 Å². The number of likely N-dealkylation sites (N-methyl/N-ethyl adjacent to an activating group) is 1. The number of ether oxygens (including phenoxy) is 1. The number of nitrogens with one attached hydrogen (secondary N) is 1. The first-order chi connectivity index (χ1) is 6.13. The van der Waals surface area contributed by atoms with E-state index in [1.807, 2.05) is 18.9 Å². The summed E-state index contributed by atoms with van der Waals surface area (Å²) in [7, 11) is 1.91. The Morgan fingerprint density at radius 2 is 2.62 bits per heavy atom. The summed E-state index contributed by atoms with van der Waals surface area (Å²) in [4.78, 5) is 12.7. The van der Waals surface area contributed by atoms with Gasteiger partial charge in [-0.05, 0) is 14.0 Å². The third-order valence-electron chi connectivity index (χ3n) is 2.14. The lowest BCUT2D eigenvalue weighted by molar-refractivity contribution is 0.112. The molecule has 0 bridgehead atoms. The fraction of sp³-hybridized carbons (Fsp3) is 0.667. The van der Waals surface area contributed by atoms with Crippen molar-refractivity contribution in [1.29, 1.82) is 0 Å². The van der Waals surface area contributed by atoms with Crippen LogP contribution >= 0.6 is 0 Å². The summed E-state index contributed by atoms with van der Waals surface area (Å²) in [6.45, 7) is 3.18. The predicted molar refractivity (Wildman–Crippen MR) is 49.2 cm³/mol. The molecule has 1 rings (SSSR count). The number of terminal acetylenes is 1. The molecule has 0 aliphatic carbocycles. The summed E-state index contributed by atoms with van der Waals surface area (Å²) in [5.41, 5.74) is 0. The van der Waals surface area contributed by atoms with Gasteiger partial charge in [-0.2, -0.15) is 0 Å². The van der Waals surface area contributed by atoms with Crippen LogP contribution in [0.5, 0.6) is 0 Å². The molecule has 0 saturated carbocycles. The van der Waals surface area contributed by atoms with Crippen LogP contribution in [0, 0.1) is 12.3 Å². The highest BCUT2D eigenvalue weighted by molar-refractivity contribution is 5.69. The van der Waals surface area contributed by atoms with Gasteiger partial charge in [-0.1, -0.05) is 5.92 Å². The number of alkyl carbamates (subject to hydrolysis) is 1. The predicted octanol–water partition coefficient (Wildman–Crippen LogP) is 0.0483. The molecule has 4 nitrogen and oxygen atoms in total. The third-order valence-corrected chi connectivity index (χ3v) is 2.14. The minimum absolute atomic E-state index is 0.0688. The molecule has 1 aliphatic rings. The van der Waals surface area contributed by atoms with Crippen LogP contribution in [0.4, 0.5) is 4.79 Å². The highest BCUT2D eigenvalue weighted by Gasteiger charge is 2.24. The SMILES string of the molecule is C#CC(C)N(C)CC1CNC(=O)O1. The number of hydrogen-bond acceptors (Lipinski definition) is 3. The van der Waals surface area contributed by atoms with Gasteiger partial charge in [-0.15, -0.1) is 6.42 Å². The monoisotopic (exact) mass is 182 g/mol. The van der Waals surface area contributed by atoms with Crippen molar-refractivity contribution < 1.29 is 9.53 Å². The van der Waals surface area contributed by atoms with Gasteiger partial charge in [0, 0.05) is 6.54 Å². The lowest BCUT2D eigenvalue weighted by Gasteiger charge is -2.22. The van der Waals surface area contributed by atoms with Gasteiger partial charge in [0.25, 0.3) is 0 Å². The van der Waals surface area contributed by atoms with E-state index in [9.17, 15) is 4.79 Å². The van der Waals surface area contributed by atoms with Crippen molar-refractivity contribution in [3.8, 4) is 12.3 Å². The van der Waals surface area contributed by atoms with Gasteiger partial charge in [0.15, 0.2) is 0 Å². The molecule has 1 heterocycles. The fourth-order valence-electron chi connectivity index (χ4n) is 1.14. The Morgan fingerprint density at radius 1 is 1.92 bits per heavy atom. The number of carbonyl (C=O) groups excluding carboxylic acids is 1. The van der Waals surface area contributed by atoms with Gasteiger partial charge >= 0.3 is 6.09 Å². The van der Waals surface area contributed by atoms with Crippen LogP contribution in [0.3, 0.4) is 0 Å².